The summed E-state index contributed by atoms with van der Waals surface area (Å²) in [5.74, 6) is 0. The molecule has 2 nitrogen and oxygen atoms in total. The van der Waals surface area contributed by atoms with Gasteiger partial charge < -0.3 is 5.32 Å². The van der Waals surface area contributed by atoms with E-state index in [1.54, 1.807) is 0 Å². The molecule has 0 unspecified atom stereocenters. The smallest absolute Gasteiger partial charge is 0.0371 e. The zero-order chi connectivity index (χ0) is 17.8. The minimum Gasteiger partial charge on any atom is -0.385 e. The topological polar surface area (TPSA) is 24.9 Å². The molecule has 1 aromatic heterocycles. The van der Waals surface area contributed by atoms with Gasteiger partial charge in [-0.1, -0.05) is 103 Å². The Bertz CT molecular complexity index is 364. The van der Waals surface area contributed by atoms with Gasteiger partial charge in [-0.3, -0.25) is 4.98 Å². The third-order valence-electron chi connectivity index (χ3n) is 5.04. The number of hydrogen-bond donors (Lipinski definition) is 1. The summed E-state index contributed by atoms with van der Waals surface area (Å²) in [7, 11) is 0. The Morgan fingerprint density at radius 1 is 0.600 bits per heavy atom. The summed E-state index contributed by atoms with van der Waals surface area (Å²) in [5.41, 5.74) is 1.19. The van der Waals surface area contributed by atoms with E-state index in [0.29, 0.717) is 0 Å². The normalized spacial score (nSPS) is 10.9. The second-order valence-electron chi connectivity index (χ2n) is 7.47. The lowest BCUT2D eigenvalue weighted by Gasteiger charge is -2.06. The average Bonchev–Trinajstić information content (AvgIpc) is 2.65. The first-order chi connectivity index (χ1) is 12.4. The molecule has 0 saturated heterocycles. The number of hydrogen-bond acceptors (Lipinski definition) is 2. The van der Waals surface area contributed by atoms with E-state index >= 15 is 0 Å². The maximum atomic E-state index is 4.03. The molecule has 1 heterocycles. The van der Waals surface area contributed by atoms with Crippen molar-refractivity contribution in [2.45, 2.75) is 110 Å². The van der Waals surface area contributed by atoms with E-state index in [2.05, 4.69) is 17.2 Å². The Balaban J connectivity index is 1.69. The largest absolute Gasteiger partial charge is 0.385 e. The molecule has 144 valence electrons. The van der Waals surface area contributed by atoms with Crippen LogP contribution in [0.25, 0.3) is 0 Å². The van der Waals surface area contributed by atoms with Crippen LogP contribution in [0.5, 0.6) is 0 Å². The van der Waals surface area contributed by atoms with E-state index in [0.717, 1.165) is 6.54 Å². The number of nitrogens with zero attached hydrogens (tertiary/aromatic N) is 1. The number of anilines is 1. The van der Waals surface area contributed by atoms with Gasteiger partial charge in [0.25, 0.3) is 0 Å². The lowest BCUT2D eigenvalue weighted by Crippen LogP contribution is -2.01. The van der Waals surface area contributed by atoms with Crippen molar-refractivity contribution in [1.29, 1.82) is 0 Å². The van der Waals surface area contributed by atoms with Crippen LogP contribution >= 0.6 is 0 Å². The molecule has 0 aliphatic rings. The third kappa shape index (κ3) is 15.0. The second kappa shape index (κ2) is 17.8. The number of unbranched alkanes of at least 4 members (excludes halogenated alkanes) is 15. The minimum atomic E-state index is 1.09. The van der Waals surface area contributed by atoms with Crippen LogP contribution in [0.4, 0.5) is 5.69 Å². The highest BCUT2D eigenvalue weighted by Crippen LogP contribution is 2.13. The molecule has 0 atom stereocenters. The molecule has 0 spiro atoms. The Morgan fingerprint density at radius 3 is 1.44 bits per heavy atom. The molecule has 0 amide bonds. The van der Waals surface area contributed by atoms with Gasteiger partial charge in [-0.05, 0) is 18.6 Å². The van der Waals surface area contributed by atoms with Crippen molar-refractivity contribution < 1.29 is 0 Å². The molecule has 0 aliphatic heterocycles. The Labute approximate surface area is 157 Å². The van der Waals surface area contributed by atoms with Gasteiger partial charge in [-0.25, -0.2) is 0 Å². The van der Waals surface area contributed by atoms with Gasteiger partial charge in [0.2, 0.25) is 0 Å². The number of nitrogens with one attached hydrogen (secondary N) is 1. The Hall–Kier alpha value is -1.05. The van der Waals surface area contributed by atoms with Crippen LogP contribution in [0.3, 0.4) is 0 Å². The molecule has 0 aliphatic carbocycles. The molecule has 2 heteroatoms. The maximum Gasteiger partial charge on any atom is 0.0371 e. The fraction of sp³-hybridized carbons (Fsp3) is 0.783. The van der Waals surface area contributed by atoms with Crippen molar-refractivity contribution >= 4 is 5.69 Å². The summed E-state index contributed by atoms with van der Waals surface area (Å²) in [6, 6.07) is 4.07. The SMILES string of the molecule is CCCCCCCCCCCCCCCCCCNc1ccncc1. The van der Waals surface area contributed by atoms with Crippen molar-refractivity contribution in [3.63, 3.8) is 0 Å². The summed E-state index contributed by atoms with van der Waals surface area (Å²) in [4.78, 5) is 4.03. The quantitative estimate of drug-likeness (QED) is 0.275. The first-order valence-electron chi connectivity index (χ1n) is 11.1. The molecule has 0 saturated carbocycles. The summed E-state index contributed by atoms with van der Waals surface area (Å²) >= 11 is 0. The van der Waals surface area contributed by atoms with Gasteiger partial charge in [-0.15, -0.1) is 0 Å². The van der Waals surface area contributed by atoms with Crippen LogP contribution in [0.15, 0.2) is 24.5 Å². The maximum absolute atomic E-state index is 4.03. The number of rotatable bonds is 18. The van der Waals surface area contributed by atoms with Crippen molar-refractivity contribution in [2.24, 2.45) is 0 Å². The van der Waals surface area contributed by atoms with Gasteiger partial charge >= 0.3 is 0 Å². The molecule has 0 radical (unpaired) electrons. The van der Waals surface area contributed by atoms with Crippen LogP contribution in [0.1, 0.15) is 110 Å². The standard InChI is InChI=1S/C23H42N2/c1-2-3-4-5-6-7-8-9-10-11-12-13-14-15-16-17-20-25-23-18-21-24-22-19-23/h18-19,21-22H,2-17,20H2,1H3,(H,24,25). The second-order valence-corrected chi connectivity index (χ2v) is 7.47. The van der Waals surface area contributed by atoms with E-state index in [-0.39, 0.29) is 0 Å². The highest BCUT2D eigenvalue weighted by molar-refractivity contribution is 5.40. The molecule has 25 heavy (non-hydrogen) atoms. The van der Waals surface area contributed by atoms with Crippen molar-refractivity contribution in [2.75, 3.05) is 11.9 Å². The molecule has 1 aromatic rings. The Kier molecular flexibility index (Phi) is 15.6. The van der Waals surface area contributed by atoms with Crippen molar-refractivity contribution in [3.8, 4) is 0 Å². The number of pyridine rings is 1. The molecular weight excluding hydrogens is 304 g/mol. The predicted octanol–water partition coefficient (Wildman–Crippen LogP) is 7.76. The highest BCUT2D eigenvalue weighted by Gasteiger charge is 1.95. The van der Waals surface area contributed by atoms with Crippen LogP contribution < -0.4 is 5.32 Å². The zero-order valence-corrected chi connectivity index (χ0v) is 16.8. The average molecular weight is 347 g/mol. The van der Waals surface area contributed by atoms with Crippen LogP contribution in [0.2, 0.25) is 0 Å². The first-order valence-corrected chi connectivity index (χ1v) is 11.1. The monoisotopic (exact) mass is 346 g/mol. The van der Waals surface area contributed by atoms with Gasteiger partial charge in [0, 0.05) is 24.6 Å². The number of aromatic nitrogens is 1. The van der Waals surface area contributed by atoms with E-state index < -0.39 is 0 Å². The third-order valence-corrected chi connectivity index (χ3v) is 5.04. The fourth-order valence-corrected chi connectivity index (χ4v) is 3.38. The molecule has 0 aromatic carbocycles. The molecule has 1 rings (SSSR count). The molecule has 0 fully saturated rings. The van der Waals surface area contributed by atoms with Gasteiger partial charge in [0.15, 0.2) is 0 Å². The summed E-state index contributed by atoms with van der Waals surface area (Å²) in [6.45, 7) is 3.38. The Morgan fingerprint density at radius 2 is 1.00 bits per heavy atom. The highest BCUT2D eigenvalue weighted by atomic mass is 14.9. The van der Waals surface area contributed by atoms with Gasteiger partial charge in [-0.2, -0.15) is 0 Å². The van der Waals surface area contributed by atoms with E-state index in [9.17, 15) is 0 Å². The lowest BCUT2D eigenvalue weighted by molar-refractivity contribution is 0.530. The van der Waals surface area contributed by atoms with Gasteiger partial charge in [0.1, 0.15) is 0 Å². The lowest BCUT2D eigenvalue weighted by atomic mass is 10.0. The fourth-order valence-electron chi connectivity index (χ4n) is 3.38. The molecule has 1 N–H and O–H groups in total. The summed E-state index contributed by atoms with van der Waals surface area (Å²) in [5, 5.41) is 3.45. The predicted molar refractivity (Wildman–Crippen MR) is 112 cm³/mol. The van der Waals surface area contributed by atoms with Crippen LogP contribution in [0, 0.1) is 0 Å². The van der Waals surface area contributed by atoms with Crippen LogP contribution in [-0.2, 0) is 0 Å². The van der Waals surface area contributed by atoms with Crippen molar-refractivity contribution in [3.05, 3.63) is 24.5 Å². The van der Waals surface area contributed by atoms with Gasteiger partial charge in [0.05, 0.1) is 0 Å². The first kappa shape index (κ1) is 22.0. The van der Waals surface area contributed by atoms with Crippen molar-refractivity contribution in [1.82, 2.24) is 4.98 Å². The summed E-state index contributed by atoms with van der Waals surface area (Å²) in [6.07, 6.45) is 26.5. The van der Waals surface area contributed by atoms with E-state index in [4.69, 9.17) is 0 Å². The van der Waals surface area contributed by atoms with Crippen LogP contribution in [-0.4, -0.2) is 11.5 Å². The zero-order valence-electron chi connectivity index (χ0n) is 16.8. The molecule has 0 bridgehead atoms. The van der Waals surface area contributed by atoms with E-state index in [1.807, 2.05) is 24.5 Å². The molecular formula is C23H42N2. The summed E-state index contributed by atoms with van der Waals surface area (Å²) < 4.78 is 0. The van der Waals surface area contributed by atoms with E-state index in [1.165, 1.54) is 108 Å². The minimum absolute atomic E-state index is 1.09.